The van der Waals surface area contributed by atoms with Crippen LogP contribution in [0.5, 0.6) is 0 Å². The van der Waals surface area contributed by atoms with Gasteiger partial charge in [-0.15, -0.1) is 0 Å². The van der Waals surface area contributed by atoms with Gasteiger partial charge in [0, 0.05) is 0 Å². The minimum atomic E-state index is -2.34. The fraction of sp³-hybridized carbons (Fsp3) is 0.923. The van der Waals surface area contributed by atoms with Crippen molar-refractivity contribution >= 4 is 17.9 Å². The van der Waals surface area contributed by atoms with Crippen molar-refractivity contribution in [3.8, 4) is 0 Å². The van der Waals surface area contributed by atoms with E-state index in [1.807, 2.05) is 0 Å². The first-order valence-electron chi connectivity index (χ1n) is 19.5. The van der Waals surface area contributed by atoms with E-state index in [1.165, 1.54) is 0 Å². The zero-order valence-corrected chi connectivity index (χ0v) is 31.0. The molecule has 272 valence electrons. The van der Waals surface area contributed by atoms with Crippen LogP contribution in [0, 0.1) is 0 Å². The number of rotatable bonds is 32. The first kappa shape index (κ1) is 44.4. The lowest BCUT2D eigenvalue weighted by atomic mass is 9.94. The van der Waals surface area contributed by atoms with Gasteiger partial charge in [-0.2, -0.15) is 0 Å². The van der Waals surface area contributed by atoms with Gasteiger partial charge in [-0.05, 0) is 77.0 Å². The van der Waals surface area contributed by atoms with E-state index in [1.54, 1.807) is 0 Å². The van der Waals surface area contributed by atoms with Crippen molar-refractivity contribution in [3.63, 3.8) is 0 Å². The van der Waals surface area contributed by atoms with E-state index >= 15 is 0 Å². The second kappa shape index (κ2) is 29.5. The molecule has 7 heteroatoms. The highest BCUT2D eigenvalue weighted by Crippen LogP contribution is 2.26. The third-order valence-corrected chi connectivity index (χ3v) is 8.90. The van der Waals surface area contributed by atoms with Gasteiger partial charge in [0.25, 0.3) is 0 Å². The summed E-state index contributed by atoms with van der Waals surface area (Å²) in [4.78, 5) is 40.5. The number of hydrogen-bond acceptors (Lipinski definition) is 7. The van der Waals surface area contributed by atoms with Crippen molar-refractivity contribution in [1.29, 1.82) is 0 Å². The molecule has 0 radical (unpaired) electrons. The lowest BCUT2D eigenvalue weighted by Crippen LogP contribution is -2.46. The topological polar surface area (TPSA) is 99.1 Å². The monoisotopic (exact) mass is 655 g/mol. The van der Waals surface area contributed by atoms with E-state index in [0.717, 1.165) is 141 Å². The molecule has 46 heavy (non-hydrogen) atoms. The molecule has 0 rings (SSSR count). The van der Waals surface area contributed by atoms with Crippen LogP contribution in [0.25, 0.3) is 0 Å². The second-order valence-corrected chi connectivity index (χ2v) is 13.6. The van der Waals surface area contributed by atoms with Crippen LogP contribution in [0.3, 0.4) is 0 Å². The summed E-state index contributed by atoms with van der Waals surface area (Å²) in [6.07, 6.45) is 20.5. The maximum atomic E-state index is 13.7. The van der Waals surface area contributed by atoms with Crippen molar-refractivity contribution in [2.75, 3.05) is 0 Å². The van der Waals surface area contributed by atoms with Crippen LogP contribution in [-0.4, -0.2) is 46.9 Å². The van der Waals surface area contributed by atoms with Gasteiger partial charge < -0.3 is 19.3 Å². The first-order valence-corrected chi connectivity index (χ1v) is 19.5. The van der Waals surface area contributed by atoms with Crippen LogP contribution >= 0.6 is 0 Å². The highest BCUT2D eigenvalue weighted by Gasteiger charge is 2.45. The van der Waals surface area contributed by atoms with E-state index in [-0.39, 0.29) is 18.3 Å². The minimum absolute atomic E-state index is 0.268. The summed E-state index contributed by atoms with van der Waals surface area (Å²) in [6.45, 7) is 12.8. The fourth-order valence-electron chi connectivity index (χ4n) is 5.92. The number of aliphatic hydroxyl groups is 1. The molecule has 0 aliphatic heterocycles. The first-order chi connectivity index (χ1) is 22.2. The molecule has 1 N–H and O–H groups in total. The summed E-state index contributed by atoms with van der Waals surface area (Å²) in [5, 5.41) is 11.8. The average molecular weight is 655 g/mol. The standard InChI is InChI=1S/C39H74O7/c1-7-13-19-25-33(26-20-14-8-2)44-36(40)31-39(43,38(42)46-35(29-23-17-11-5)30-24-18-12-6)32-37(41)45-34(27-21-15-9-3)28-22-16-10-4/h33-35,43H,7-32H2,1-6H3. The number of hydrogen-bond donors (Lipinski definition) is 1. The zero-order chi connectivity index (χ0) is 34.5. The molecule has 0 atom stereocenters. The Bertz CT molecular complexity index is 683. The van der Waals surface area contributed by atoms with E-state index in [2.05, 4.69) is 41.5 Å². The molecule has 0 aromatic carbocycles. The number of unbranched alkanes of at least 4 members (excludes halogenated alkanes) is 12. The van der Waals surface area contributed by atoms with Gasteiger partial charge in [0.2, 0.25) is 0 Å². The molecule has 0 aliphatic rings. The molecule has 0 fully saturated rings. The average Bonchev–Trinajstić information content (AvgIpc) is 3.01. The lowest BCUT2D eigenvalue weighted by Gasteiger charge is -2.29. The molecule has 0 saturated heterocycles. The molecule has 0 amide bonds. The van der Waals surface area contributed by atoms with Crippen LogP contribution in [0.15, 0.2) is 0 Å². The van der Waals surface area contributed by atoms with Crippen molar-refractivity contribution in [3.05, 3.63) is 0 Å². The molecule has 7 nitrogen and oxygen atoms in total. The van der Waals surface area contributed by atoms with Gasteiger partial charge in [-0.3, -0.25) is 9.59 Å². The van der Waals surface area contributed by atoms with E-state index in [0.29, 0.717) is 12.8 Å². The Kier molecular flexibility index (Phi) is 28.5. The summed E-state index contributed by atoms with van der Waals surface area (Å²) in [6, 6.07) is 0. The third-order valence-electron chi connectivity index (χ3n) is 8.90. The fourth-order valence-corrected chi connectivity index (χ4v) is 5.92. The zero-order valence-electron chi connectivity index (χ0n) is 31.0. The van der Waals surface area contributed by atoms with E-state index in [4.69, 9.17) is 14.2 Å². The van der Waals surface area contributed by atoms with Gasteiger partial charge in [-0.1, -0.05) is 119 Å². The Hall–Kier alpha value is -1.63. The van der Waals surface area contributed by atoms with Gasteiger partial charge in [0.05, 0.1) is 12.8 Å². The SMILES string of the molecule is CCCCCC(CCCCC)OC(=O)CC(O)(CC(=O)OC(CCCCC)CCCCC)C(=O)OC(CCCCC)CCCCC. The number of carbonyl (C=O) groups is 3. The predicted octanol–water partition coefficient (Wildman–Crippen LogP) is 10.7. The lowest BCUT2D eigenvalue weighted by molar-refractivity contribution is -0.184. The normalized spacial score (nSPS) is 11.9. The number of esters is 3. The molecule has 0 bridgehead atoms. The summed E-state index contributed by atoms with van der Waals surface area (Å²) in [5.74, 6) is -2.25. The Morgan fingerprint density at radius 1 is 0.435 bits per heavy atom. The van der Waals surface area contributed by atoms with Crippen molar-refractivity contribution in [1.82, 2.24) is 0 Å². The Labute approximate surface area is 283 Å². The summed E-state index contributed by atoms with van der Waals surface area (Å²) < 4.78 is 17.7. The highest BCUT2D eigenvalue weighted by molar-refractivity contribution is 5.90. The van der Waals surface area contributed by atoms with E-state index in [9.17, 15) is 19.5 Å². The number of ether oxygens (including phenoxy) is 3. The second-order valence-electron chi connectivity index (χ2n) is 13.6. The Morgan fingerprint density at radius 3 is 0.913 bits per heavy atom. The highest BCUT2D eigenvalue weighted by atomic mass is 16.6. The molecule has 0 aromatic rings. The van der Waals surface area contributed by atoms with Gasteiger partial charge in [0.15, 0.2) is 5.60 Å². The summed E-state index contributed by atoms with van der Waals surface area (Å²) in [7, 11) is 0. The number of carbonyl (C=O) groups excluding carboxylic acids is 3. The molecule has 0 heterocycles. The van der Waals surface area contributed by atoms with Crippen LogP contribution in [0.4, 0.5) is 0 Å². The third kappa shape index (κ3) is 22.8. The molecule has 0 unspecified atom stereocenters. The van der Waals surface area contributed by atoms with Crippen molar-refractivity contribution in [2.24, 2.45) is 0 Å². The summed E-state index contributed by atoms with van der Waals surface area (Å²) in [5.41, 5.74) is -2.34. The summed E-state index contributed by atoms with van der Waals surface area (Å²) >= 11 is 0. The Morgan fingerprint density at radius 2 is 0.674 bits per heavy atom. The minimum Gasteiger partial charge on any atom is -0.462 e. The molecular weight excluding hydrogens is 580 g/mol. The largest absolute Gasteiger partial charge is 0.462 e. The Balaban J connectivity index is 5.94. The molecule has 0 spiro atoms. The maximum absolute atomic E-state index is 13.7. The molecule has 0 saturated carbocycles. The quantitative estimate of drug-likeness (QED) is 0.0438. The van der Waals surface area contributed by atoms with Crippen LogP contribution in [0.1, 0.15) is 208 Å². The van der Waals surface area contributed by atoms with Crippen LogP contribution in [-0.2, 0) is 28.6 Å². The van der Waals surface area contributed by atoms with Crippen molar-refractivity contribution in [2.45, 2.75) is 232 Å². The van der Waals surface area contributed by atoms with Crippen molar-refractivity contribution < 1.29 is 33.7 Å². The van der Waals surface area contributed by atoms with E-state index < -0.39 is 36.4 Å². The molecule has 0 aliphatic carbocycles. The van der Waals surface area contributed by atoms with Crippen LogP contribution in [0.2, 0.25) is 0 Å². The van der Waals surface area contributed by atoms with Crippen LogP contribution < -0.4 is 0 Å². The van der Waals surface area contributed by atoms with Gasteiger partial charge >= 0.3 is 17.9 Å². The van der Waals surface area contributed by atoms with Gasteiger partial charge in [0.1, 0.15) is 18.3 Å². The smallest absolute Gasteiger partial charge is 0.339 e. The van der Waals surface area contributed by atoms with Gasteiger partial charge in [-0.25, -0.2) is 4.79 Å². The maximum Gasteiger partial charge on any atom is 0.339 e. The molecule has 0 aromatic heterocycles. The molecular formula is C39H74O7. The predicted molar refractivity (Wildman–Crippen MR) is 189 cm³/mol.